The van der Waals surface area contributed by atoms with Crippen LogP contribution in [-0.4, -0.2) is 44.3 Å². The number of aliphatic carboxylic acids is 1. The molecule has 33 heavy (non-hydrogen) atoms. The smallest absolute Gasteiger partial charge is 0.333 e. The Kier molecular flexibility index (Phi) is 7.32. The molecule has 1 N–H and O–H groups in total. The molecule has 7 heteroatoms. The molecule has 0 spiro atoms. The minimum Gasteiger partial charge on any atom is -0.493 e. The number of methoxy groups -OCH3 is 1. The first kappa shape index (κ1) is 22.5. The third kappa shape index (κ3) is 5.96. The molecule has 0 fully saturated rings. The van der Waals surface area contributed by atoms with Gasteiger partial charge in [-0.2, -0.15) is 0 Å². The normalized spacial score (nSPS) is 12.9. The highest BCUT2D eigenvalue weighted by molar-refractivity contribution is 5.72. The molecule has 1 atom stereocenters. The third-order valence-corrected chi connectivity index (χ3v) is 5.29. The number of hydrogen-bond acceptors (Lipinski definition) is 6. The van der Waals surface area contributed by atoms with Crippen LogP contribution in [0.2, 0.25) is 0 Å². The zero-order chi connectivity index (χ0) is 23.0. The van der Waals surface area contributed by atoms with Gasteiger partial charge in [0.25, 0.3) is 0 Å². The minimum atomic E-state index is -0.972. The summed E-state index contributed by atoms with van der Waals surface area (Å²) in [5.74, 6) is 2.10. The van der Waals surface area contributed by atoms with Crippen LogP contribution in [0.3, 0.4) is 0 Å². The van der Waals surface area contributed by atoms with E-state index in [1.54, 1.807) is 0 Å². The number of hydrogen-bond donors (Lipinski definition) is 1. The zero-order valence-electron chi connectivity index (χ0n) is 18.4. The van der Waals surface area contributed by atoms with Gasteiger partial charge in [0.15, 0.2) is 17.6 Å². The van der Waals surface area contributed by atoms with E-state index in [1.807, 2.05) is 66.7 Å². The van der Waals surface area contributed by atoms with Crippen molar-refractivity contribution in [3.05, 3.63) is 72.3 Å². The molecular weight excluding hydrogens is 424 g/mol. The number of carboxylic acid groups (broad SMARTS) is 1. The monoisotopic (exact) mass is 450 g/mol. The van der Waals surface area contributed by atoms with E-state index in [-0.39, 0.29) is 6.79 Å². The Morgan fingerprint density at radius 2 is 1.48 bits per heavy atom. The summed E-state index contributed by atoms with van der Waals surface area (Å²) in [6.07, 6.45) is 0.198. The molecule has 172 valence electrons. The lowest BCUT2D eigenvalue weighted by atomic mass is 10.1. The molecule has 0 saturated carbocycles. The van der Waals surface area contributed by atoms with E-state index in [4.69, 9.17) is 28.8 Å². The van der Waals surface area contributed by atoms with Crippen molar-refractivity contribution in [2.45, 2.75) is 18.9 Å². The van der Waals surface area contributed by atoms with Crippen LogP contribution in [0.4, 0.5) is 0 Å². The van der Waals surface area contributed by atoms with Gasteiger partial charge in [0, 0.05) is 20.0 Å². The summed E-state index contributed by atoms with van der Waals surface area (Å²) in [6.45, 7) is 1.32. The fourth-order valence-corrected chi connectivity index (χ4v) is 3.47. The van der Waals surface area contributed by atoms with Gasteiger partial charge < -0.3 is 28.8 Å². The second-order valence-corrected chi connectivity index (χ2v) is 7.55. The van der Waals surface area contributed by atoms with Crippen molar-refractivity contribution in [3.8, 4) is 34.1 Å². The molecular formula is C26H26O7. The Hall–Kier alpha value is -3.71. The maximum Gasteiger partial charge on any atom is 0.333 e. The lowest BCUT2D eigenvalue weighted by Gasteiger charge is -2.11. The lowest BCUT2D eigenvalue weighted by molar-refractivity contribution is -0.148. The quantitative estimate of drug-likeness (QED) is 0.428. The predicted octanol–water partition coefficient (Wildman–Crippen LogP) is 4.57. The van der Waals surface area contributed by atoms with Crippen LogP contribution in [0.1, 0.15) is 12.0 Å². The van der Waals surface area contributed by atoms with Gasteiger partial charge in [-0.1, -0.05) is 30.3 Å². The third-order valence-electron chi connectivity index (χ3n) is 5.29. The van der Waals surface area contributed by atoms with E-state index < -0.39 is 12.1 Å². The van der Waals surface area contributed by atoms with Gasteiger partial charge in [-0.3, -0.25) is 0 Å². The molecule has 0 radical (unpaired) electrons. The van der Waals surface area contributed by atoms with Crippen LogP contribution in [0.5, 0.6) is 23.0 Å². The van der Waals surface area contributed by atoms with Crippen LogP contribution in [-0.2, 0) is 16.0 Å². The second kappa shape index (κ2) is 10.7. The molecule has 1 aliphatic heterocycles. The first-order valence-electron chi connectivity index (χ1n) is 10.7. The molecule has 1 heterocycles. The maximum absolute atomic E-state index is 11.1. The Labute approximate surface area is 192 Å². The van der Waals surface area contributed by atoms with Crippen LogP contribution < -0.4 is 18.9 Å². The summed E-state index contributed by atoms with van der Waals surface area (Å²) in [4.78, 5) is 11.1. The highest BCUT2D eigenvalue weighted by atomic mass is 16.7. The van der Waals surface area contributed by atoms with Crippen molar-refractivity contribution in [2.24, 2.45) is 0 Å². The van der Waals surface area contributed by atoms with Gasteiger partial charge >= 0.3 is 5.97 Å². The van der Waals surface area contributed by atoms with E-state index in [2.05, 4.69) is 0 Å². The first-order valence-corrected chi connectivity index (χ1v) is 10.7. The average Bonchev–Trinajstić information content (AvgIpc) is 3.31. The molecule has 3 aromatic carbocycles. The number of carboxylic acids is 1. The van der Waals surface area contributed by atoms with Crippen LogP contribution >= 0.6 is 0 Å². The summed E-state index contributed by atoms with van der Waals surface area (Å²) in [5, 5.41) is 9.06. The van der Waals surface area contributed by atoms with E-state index >= 15 is 0 Å². The lowest BCUT2D eigenvalue weighted by Crippen LogP contribution is -2.24. The Bertz CT molecular complexity index is 1060. The van der Waals surface area contributed by atoms with Gasteiger partial charge in [0.2, 0.25) is 6.79 Å². The summed E-state index contributed by atoms with van der Waals surface area (Å²) in [5.41, 5.74) is 3.02. The number of fused-ring (bicyclic) bond motifs is 1. The van der Waals surface area contributed by atoms with Gasteiger partial charge in [-0.05, 0) is 53.1 Å². The van der Waals surface area contributed by atoms with Gasteiger partial charge in [0.1, 0.15) is 11.5 Å². The number of carbonyl (C=O) groups is 1. The van der Waals surface area contributed by atoms with Crippen molar-refractivity contribution in [1.29, 1.82) is 0 Å². The Morgan fingerprint density at radius 1 is 0.879 bits per heavy atom. The average molecular weight is 450 g/mol. The largest absolute Gasteiger partial charge is 0.493 e. The predicted molar refractivity (Wildman–Crippen MR) is 122 cm³/mol. The maximum atomic E-state index is 11.1. The van der Waals surface area contributed by atoms with Gasteiger partial charge in [-0.15, -0.1) is 0 Å². The van der Waals surface area contributed by atoms with Crippen LogP contribution in [0.25, 0.3) is 11.1 Å². The highest BCUT2D eigenvalue weighted by Crippen LogP contribution is 2.36. The molecule has 0 amide bonds. The molecule has 1 aliphatic rings. The SMILES string of the molecule is CO[C@@H](Cc1ccc(OCCCOc2ccc(-c3ccc4c(c3)OCO4)cc2)cc1)C(=O)O. The molecule has 0 saturated heterocycles. The minimum absolute atomic E-state index is 0.266. The fourth-order valence-electron chi connectivity index (χ4n) is 3.47. The van der Waals surface area contributed by atoms with E-state index in [0.717, 1.165) is 46.1 Å². The topological polar surface area (TPSA) is 83.5 Å². The summed E-state index contributed by atoms with van der Waals surface area (Å²) >= 11 is 0. The molecule has 0 aromatic heterocycles. The second-order valence-electron chi connectivity index (χ2n) is 7.55. The number of benzene rings is 3. The molecule has 7 nitrogen and oxygen atoms in total. The summed E-state index contributed by atoms with van der Waals surface area (Å²) in [6, 6.07) is 21.2. The zero-order valence-corrected chi connectivity index (χ0v) is 18.4. The standard InChI is InChI=1S/C26H26O7/c1-29-25(26(27)28)15-18-3-8-21(9-4-18)30-13-2-14-31-22-10-5-19(6-11-22)20-7-12-23-24(16-20)33-17-32-23/h3-12,16,25H,2,13-15,17H2,1H3,(H,27,28)/t25-/m0/s1. The van der Waals surface area contributed by atoms with Crippen molar-refractivity contribution in [2.75, 3.05) is 27.1 Å². The molecule has 3 aromatic rings. The highest BCUT2D eigenvalue weighted by Gasteiger charge is 2.16. The Morgan fingerprint density at radius 3 is 2.12 bits per heavy atom. The van der Waals surface area contributed by atoms with E-state index in [1.165, 1.54) is 7.11 Å². The number of ether oxygens (including phenoxy) is 5. The fraction of sp³-hybridized carbons (Fsp3) is 0.269. The van der Waals surface area contributed by atoms with Crippen molar-refractivity contribution in [3.63, 3.8) is 0 Å². The molecule has 0 aliphatic carbocycles. The van der Waals surface area contributed by atoms with Crippen LogP contribution in [0.15, 0.2) is 66.7 Å². The molecule has 0 unspecified atom stereocenters. The summed E-state index contributed by atoms with van der Waals surface area (Å²) < 4.78 is 27.3. The molecule has 4 rings (SSSR count). The first-order chi connectivity index (χ1) is 16.1. The van der Waals surface area contributed by atoms with E-state index in [0.29, 0.717) is 19.6 Å². The molecule has 0 bridgehead atoms. The number of rotatable bonds is 11. The van der Waals surface area contributed by atoms with Gasteiger partial charge in [0.05, 0.1) is 13.2 Å². The van der Waals surface area contributed by atoms with Gasteiger partial charge in [-0.25, -0.2) is 4.79 Å². The van der Waals surface area contributed by atoms with Crippen LogP contribution in [0, 0.1) is 0 Å². The summed E-state index contributed by atoms with van der Waals surface area (Å²) in [7, 11) is 1.39. The van der Waals surface area contributed by atoms with Crippen molar-refractivity contribution >= 4 is 5.97 Å². The van der Waals surface area contributed by atoms with Crippen molar-refractivity contribution < 1.29 is 33.6 Å². The van der Waals surface area contributed by atoms with Crippen molar-refractivity contribution in [1.82, 2.24) is 0 Å². The Balaban J connectivity index is 1.18. The van der Waals surface area contributed by atoms with E-state index in [9.17, 15) is 4.79 Å².